The second-order valence-corrected chi connectivity index (χ2v) is 26.9. The number of aryl methyl sites for hydroxylation is 3. The maximum atomic E-state index is 6.17. The Morgan fingerprint density at radius 1 is 0.265 bits per heavy atom. The number of furan rings is 3. The Bertz CT molecular complexity index is 6010. The van der Waals surface area contributed by atoms with E-state index in [4.69, 9.17) is 33.2 Å². The van der Waals surface area contributed by atoms with Crippen molar-refractivity contribution in [2.24, 2.45) is 0 Å². The van der Waals surface area contributed by atoms with Gasteiger partial charge in [-0.2, -0.15) is 0 Å². The van der Waals surface area contributed by atoms with Gasteiger partial charge in [-0.3, -0.25) is 0 Å². The van der Waals surface area contributed by atoms with Crippen LogP contribution in [-0.2, 0) is 0 Å². The highest BCUT2D eigenvalue weighted by Gasteiger charge is 2.24. The lowest BCUT2D eigenvalue weighted by Crippen LogP contribution is -1.89. The summed E-state index contributed by atoms with van der Waals surface area (Å²) in [6.45, 7) is 6.38. The molecule has 464 valence electrons. The molecule has 0 saturated heterocycles. The highest BCUT2D eigenvalue weighted by Crippen LogP contribution is 2.45. The van der Waals surface area contributed by atoms with Gasteiger partial charge in [-0.25, -0.2) is 19.9 Å². The zero-order chi connectivity index (χ0) is 65.4. The fraction of sp³-hybridized carbons (Fsp3) is 0.0345. The second-order valence-electron chi connectivity index (χ2n) is 24.7. The van der Waals surface area contributed by atoms with Crippen LogP contribution < -0.4 is 0 Å². The number of hydrogen-bond acceptors (Lipinski definition) is 9. The Labute approximate surface area is 572 Å². The fourth-order valence-electron chi connectivity index (χ4n) is 13.5. The number of fused-ring (bicyclic) bond motifs is 16. The van der Waals surface area contributed by atoms with Gasteiger partial charge in [0.05, 0.1) is 92.1 Å². The van der Waals surface area contributed by atoms with Gasteiger partial charge in [-0.15, -0.1) is 22.7 Å². The first-order chi connectivity index (χ1) is 48.2. The maximum absolute atomic E-state index is 6.17. The van der Waals surface area contributed by atoms with E-state index in [-0.39, 0.29) is 0 Å². The Hall–Kier alpha value is -12.5. The molecule has 0 aliphatic carbocycles. The molecule has 0 fully saturated rings. The van der Waals surface area contributed by atoms with Crippen LogP contribution in [0, 0.1) is 32.6 Å². The number of aromatic amines is 2. The van der Waals surface area contributed by atoms with Gasteiger partial charge in [-0.1, -0.05) is 126 Å². The highest BCUT2D eigenvalue weighted by molar-refractivity contribution is 7.24. The molecule has 4 aliphatic rings. The van der Waals surface area contributed by atoms with Crippen LogP contribution in [0.2, 0.25) is 0 Å². The summed E-state index contributed by atoms with van der Waals surface area (Å²) in [5.41, 5.74) is 28.5. The van der Waals surface area contributed by atoms with Crippen molar-refractivity contribution >= 4 is 112 Å². The zero-order valence-electron chi connectivity index (χ0n) is 53.3. The number of rotatable bonds is 8. The third-order valence-corrected chi connectivity index (χ3v) is 20.5. The van der Waals surface area contributed by atoms with Gasteiger partial charge in [0.25, 0.3) is 0 Å². The first kappa shape index (κ1) is 58.1. The molecule has 16 bridgehead atoms. The summed E-state index contributed by atoms with van der Waals surface area (Å²) in [5, 5.41) is 0. The molecule has 0 radical (unpaired) electrons. The number of H-pyrrole nitrogens is 2. The van der Waals surface area contributed by atoms with E-state index in [0.29, 0.717) is 17.3 Å². The van der Waals surface area contributed by atoms with Crippen molar-refractivity contribution in [3.8, 4) is 101 Å². The Morgan fingerprint density at radius 3 is 0.837 bits per heavy atom. The maximum Gasteiger partial charge on any atom is 0.138 e. The average Bonchev–Trinajstić information content (AvgIpc) is 1.62. The third-order valence-electron chi connectivity index (χ3n) is 18.3. The predicted molar refractivity (Wildman–Crippen MR) is 405 cm³/mol. The van der Waals surface area contributed by atoms with Crippen LogP contribution in [0.4, 0.5) is 0 Å². The van der Waals surface area contributed by atoms with Gasteiger partial charge < -0.3 is 23.2 Å². The van der Waals surface area contributed by atoms with E-state index in [1.807, 2.05) is 42.5 Å². The molecular weight excluding hydrogens is 1240 g/mol. The van der Waals surface area contributed by atoms with Gasteiger partial charge in [0.1, 0.15) is 17.3 Å². The predicted octanol–water partition coefficient (Wildman–Crippen LogP) is 23.5. The van der Waals surface area contributed by atoms with Crippen molar-refractivity contribution in [3.05, 3.63) is 298 Å². The molecule has 0 atom stereocenters. The van der Waals surface area contributed by atoms with Gasteiger partial charge in [-0.05, 0) is 206 Å². The molecule has 0 saturated carbocycles. The van der Waals surface area contributed by atoms with Crippen LogP contribution in [-0.4, -0.2) is 29.9 Å². The molecule has 0 amide bonds. The summed E-state index contributed by atoms with van der Waals surface area (Å²) in [4.78, 5) is 29.5. The van der Waals surface area contributed by atoms with Crippen LogP contribution in [0.3, 0.4) is 0 Å². The second kappa shape index (κ2) is 24.1. The average molecular weight is 1300 g/mol. The van der Waals surface area contributed by atoms with Gasteiger partial charge in [0, 0.05) is 68.8 Å². The summed E-state index contributed by atoms with van der Waals surface area (Å²) in [6.07, 6.45) is 22.0. The van der Waals surface area contributed by atoms with E-state index < -0.39 is 0 Å². The zero-order valence-corrected chi connectivity index (χ0v) is 54.9. The molecule has 9 aromatic heterocycles. The number of hydrogen-bond donors (Lipinski definition) is 2. The van der Waals surface area contributed by atoms with Gasteiger partial charge >= 0.3 is 0 Å². The Balaban J connectivity index is 0.763. The molecule has 13 heterocycles. The molecule has 0 unspecified atom stereocenters. The van der Waals surface area contributed by atoms with Crippen LogP contribution in [0.1, 0.15) is 73.4 Å². The molecule has 2 N–H and O–H groups in total. The Morgan fingerprint density at radius 2 is 0.520 bits per heavy atom. The fourth-order valence-corrected chi connectivity index (χ4v) is 15.8. The largest absolute Gasteiger partial charge is 0.464 e. The summed E-state index contributed by atoms with van der Waals surface area (Å²) >= 11 is 3.43. The van der Waals surface area contributed by atoms with Crippen LogP contribution >= 0.6 is 22.7 Å². The molecule has 0 spiro atoms. The van der Waals surface area contributed by atoms with Crippen LogP contribution in [0.25, 0.3) is 179 Å². The smallest absolute Gasteiger partial charge is 0.138 e. The quantitative estimate of drug-likeness (QED) is 0.145. The van der Waals surface area contributed by atoms with E-state index in [1.54, 1.807) is 41.5 Å². The van der Waals surface area contributed by atoms with E-state index >= 15 is 0 Å². The molecule has 14 aromatic rings. The normalized spacial score (nSPS) is 12.2. The van der Waals surface area contributed by atoms with Crippen molar-refractivity contribution < 1.29 is 13.3 Å². The van der Waals surface area contributed by atoms with Crippen molar-refractivity contribution in [3.63, 3.8) is 0 Å². The first-order valence-corrected chi connectivity index (χ1v) is 34.1. The van der Waals surface area contributed by atoms with Gasteiger partial charge in [0.2, 0.25) is 0 Å². The molecule has 9 nitrogen and oxygen atoms in total. The van der Waals surface area contributed by atoms with E-state index in [0.717, 1.165) is 170 Å². The molecule has 98 heavy (non-hydrogen) atoms. The van der Waals surface area contributed by atoms with Crippen molar-refractivity contribution in [1.29, 1.82) is 0 Å². The summed E-state index contributed by atoms with van der Waals surface area (Å²) in [5.74, 6) is 9.11. The minimum absolute atomic E-state index is 0.684. The molecule has 11 heteroatoms. The van der Waals surface area contributed by atoms with Gasteiger partial charge in [0.15, 0.2) is 0 Å². The van der Waals surface area contributed by atoms with E-state index in [2.05, 4.69) is 255 Å². The highest BCUT2D eigenvalue weighted by atomic mass is 32.1. The third kappa shape index (κ3) is 10.6. The number of benzene rings is 5. The lowest BCUT2D eigenvalue weighted by atomic mass is 10.0. The van der Waals surface area contributed by atoms with Crippen LogP contribution in [0.15, 0.2) is 238 Å². The molecule has 4 aliphatic heterocycles. The van der Waals surface area contributed by atoms with Crippen molar-refractivity contribution in [1.82, 2.24) is 29.9 Å². The number of nitrogens with one attached hydrogen (secondary N) is 2. The summed E-state index contributed by atoms with van der Waals surface area (Å²) in [6, 6.07) is 72.3. The number of thiophene rings is 2. The summed E-state index contributed by atoms with van der Waals surface area (Å²) < 4.78 is 22.6. The summed E-state index contributed by atoms with van der Waals surface area (Å²) in [7, 11) is 0. The van der Waals surface area contributed by atoms with E-state index in [9.17, 15) is 0 Å². The molecule has 18 rings (SSSR count). The molecule has 5 aromatic carbocycles. The lowest BCUT2D eigenvalue weighted by molar-refractivity contribution is 0.582. The monoisotopic (exact) mass is 1300 g/mol. The minimum atomic E-state index is 0.684. The number of nitrogens with zero attached hydrogens (tertiary/aromatic N) is 4. The SMILES string of the molecule is Cc1ccc(-c2c3nc(c(-c4ccc(C)cc4)c4ccc(s4)c(-c4ccc(C#Cc5ccc(-c6c7nc(c(-c8ccco8)c8ccc([nH]8)c(-c8ccco8)c8nc(c(-c9ccco9)c9ccc6s9)C=C8)C=C7)cc5)cc4)c4nc(c(-c5ccc(C)cc5)c5ccc2[nH]5)C=C4)C=C3)cc1. The van der Waals surface area contributed by atoms with Crippen LogP contribution in [0.5, 0.6) is 0 Å². The molecular formula is C87H56N6O3S2. The van der Waals surface area contributed by atoms with E-state index in [1.165, 1.54) is 16.7 Å². The number of aromatic nitrogens is 6. The van der Waals surface area contributed by atoms with Crippen molar-refractivity contribution in [2.45, 2.75) is 20.8 Å². The minimum Gasteiger partial charge on any atom is -0.464 e. The lowest BCUT2D eigenvalue weighted by Gasteiger charge is -2.07. The topological polar surface area (TPSA) is 123 Å². The first-order valence-electron chi connectivity index (χ1n) is 32.4. The standard InChI is InChI=1S/C87H56N6O3S2/c1-51-10-22-56(23-11-51)80-61-32-33-62(88-61)81(57-24-12-52(2)13-25-57)64-35-37-66(90-64)83(77-45-44-76(97-77)82(65-36-34-63(80)89-65)58-26-14-53(3)15-27-58)59-28-18-54(19-29-59)16-17-55-20-30-60(31-21-55)84-67-38-39-68(91-67)85(73-7-4-48-94-73)69-40-41-70(92-69)86(74-8-5-49-95-74)71-42-43-72(93-71)87(75-9-6-50-96-75)79-47-46-78(84)98-79/h4-15,18-50,88,92H,1-3H3. The Kier molecular flexibility index (Phi) is 14.3. The van der Waals surface area contributed by atoms with Crippen molar-refractivity contribution in [2.75, 3.05) is 0 Å².